The predicted molar refractivity (Wildman–Crippen MR) is 68.5 cm³/mol. The van der Waals surface area contributed by atoms with Gasteiger partial charge in [-0.2, -0.15) is 0 Å². The minimum atomic E-state index is -0.107. The summed E-state index contributed by atoms with van der Waals surface area (Å²) in [4.78, 5) is 2.57. The van der Waals surface area contributed by atoms with Crippen molar-refractivity contribution >= 4 is 0 Å². The lowest BCUT2D eigenvalue weighted by molar-refractivity contribution is -0.114. The lowest BCUT2D eigenvalue weighted by Crippen LogP contribution is -2.53. The predicted octanol–water partition coefficient (Wildman–Crippen LogP) is 1.03. The molecule has 3 aliphatic heterocycles. The molecule has 0 saturated carbocycles. The molecule has 104 valence electrons. The zero-order valence-corrected chi connectivity index (χ0v) is 11.3. The third kappa shape index (κ3) is 2.44. The van der Waals surface area contributed by atoms with Crippen molar-refractivity contribution in [1.29, 1.82) is 0 Å². The first-order chi connectivity index (χ1) is 8.69. The molecule has 1 spiro atoms. The van der Waals surface area contributed by atoms with Crippen molar-refractivity contribution in [2.75, 3.05) is 32.9 Å². The van der Waals surface area contributed by atoms with Crippen LogP contribution in [0.3, 0.4) is 0 Å². The molecule has 0 aromatic rings. The molecule has 4 nitrogen and oxygen atoms in total. The number of aliphatic hydroxyl groups excluding tert-OH is 1. The average molecular weight is 255 g/mol. The molecule has 3 fully saturated rings. The van der Waals surface area contributed by atoms with Gasteiger partial charge in [-0.1, -0.05) is 6.92 Å². The van der Waals surface area contributed by atoms with E-state index in [1.807, 2.05) is 0 Å². The average Bonchev–Trinajstić information content (AvgIpc) is 2.81. The summed E-state index contributed by atoms with van der Waals surface area (Å²) in [5.74, 6) is 0.400. The number of hydrogen-bond acceptors (Lipinski definition) is 4. The molecule has 3 rings (SSSR count). The van der Waals surface area contributed by atoms with E-state index in [9.17, 15) is 5.11 Å². The van der Waals surface area contributed by atoms with Gasteiger partial charge in [-0.05, 0) is 25.2 Å². The van der Waals surface area contributed by atoms with Gasteiger partial charge >= 0.3 is 0 Å². The van der Waals surface area contributed by atoms with Gasteiger partial charge < -0.3 is 14.6 Å². The summed E-state index contributed by atoms with van der Waals surface area (Å²) in [7, 11) is 0. The molecular formula is C14H25NO3. The van der Waals surface area contributed by atoms with E-state index in [4.69, 9.17) is 9.47 Å². The fourth-order valence-electron chi connectivity index (χ4n) is 3.67. The summed E-state index contributed by atoms with van der Waals surface area (Å²) in [6.07, 6.45) is 4.10. The van der Waals surface area contributed by atoms with Gasteiger partial charge in [0.15, 0.2) is 0 Å². The zero-order chi connectivity index (χ0) is 12.6. The Morgan fingerprint density at radius 3 is 2.89 bits per heavy atom. The topological polar surface area (TPSA) is 41.9 Å². The summed E-state index contributed by atoms with van der Waals surface area (Å²) in [5.41, 5.74) is 0.00220. The van der Waals surface area contributed by atoms with Crippen LogP contribution in [0.1, 0.15) is 32.6 Å². The number of ether oxygens (including phenoxy) is 2. The Kier molecular flexibility index (Phi) is 3.63. The Labute approximate surface area is 109 Å². The molecule has 4 heteroatoms. The smallest absolute Gasteiger partial charge is 0.0951 e. The number of hydrogen-bond donors (Lipinski definition) is 1. The van der Waals surface area contributed by atoms with Crippen LogP contribution in [0.25, 0.3) is 0 Å². The first kappa shape index (κ1) is 12.9. The SMILES string of the molecule is CC1CN(C2CCOC3(CCOC3)C2)CCC1O. The van der Waals surface area contributed by atoms with E-state index in [1.54, 1.807) is 0 Å². The van der Waals surface area contributed by atoms with Crippen molar-refractivity contribution in [3.63, 3.8) is 0 Å². The van der Waals surface area contributed by atoms with Gasteiger partial charge in [0.2, 0.25) is 0 Å². The van der Waals surface area contributed by atoms with Crippen LogP contribution >= 0.6 is 0 Å². The van der Waals surface area contributed by atoms with Crippen LogP contribution in [0.15, 0.2) is 0 Å². The Hall–Kier alpha value is -0.160. The second kappa shape index (κ2) is 5.08. The highest BCUT2D eigenvalue weighted by molar-refractivity contribution is 4.95. The Morgan fingerprint density at radius 2 is 2.17 bits per heavy atom. The van der Waals surface area contributed by atoms with Crippen molar-refractivity contribution in [3.05, 3.63) is 0 Å². The van der Waals surface area contributed by atoms with Crippen LogP contribution < -0.4 is 0 Å². The van der Waals surface area contributed by atoms with E-state index in [2.05, 4.69) is 11.8 Å². The normalized spacial score (nSPS) is 46.7. The van der Waals surface area contributed by atoms with Gasteiger partial charge in [0.25, 0.3) is 0 Å². The van der Waals surface area contributed by atoms with Gasteiger partial charge in [-0.15, -0.1) is 0 Å². The van der Waals surface area contributed by atoms with E-state index in [-0.39, 0.29) is 11.7 Å². The molecule has 3 heterocycles. The van der Waals surface area contributed by atoms with E-state index in [1.165, 1.54) is 0 Å². The van der Waals surface area contributed by atoms with E-state index >= 15 is 0 Å². The molecule has 4 unspecified atom stereocenters. The zero-order valence-electron chi connectivity index (χ0n) is 11.3. The summed E-state index contributed by atoms with van der Waals surface area (Å²) >= 11 is 0. The van der Waals surface area contributed by atoms with Crippen LogP contribution in [0.2, 0.25) is 0 Å². The first-order valence-electron chi connectivity index (χ1n) is 7.32. The summed E-state index contributed by atoms with van der Waals surface area (Å²) < 4.78 is 11.5. The lowest BCUT2D eigenvalue weighted by Gasteiger charge is -2.45. The standard InChI is InChI=1S/C14H25NO3/c1-11-9-15(5-2-13(11)16)12-3-6-18-14(8-12)4-7-17-10-14/h11-13,16H,2-10H2,1H3. The molecule has 3 aliphatic rings. The van der Waals surface area contributed by atoms with Crippen LogP contribution in [-0.4, -0.2) is 60.7 Å². The molecule has 0 amide bonds. The Balaban J connectivity index is 1.62. The number of aliphatic hydroxyl groups is 1. The number of rotatable bonds is 1. The molecule has 0 aromatic heterocycles. The van der Waals surface area contributed by atoms with Gasteiger partial charge in [-0.25, -0.2) is 0 Å². The molecule has 0 aromatic carbocycles. The van der Waals surface area contributed by atoms with Gasteiger partial charge in [0.1, 0.15) is 0 Å². The largest absolute Gasteiger partial charge is 0.393 e. The number of nitrogens with zero attached hydrogens (tertiary/aromatic N) is 1. The second-order valence-corrected chi connectivity index (χ2v) is 6.31. The quantitative estimate of drug-likeness (QED) is 0.760. The fraction of sp³-hybridized carbons (Fsp3) is 1.00. The molecule has 18 heavy (non-hydrogen) atoms. The molecular weight excluding hydrogens is 230 g/mol. The van der Waals surface area contributed by atoms with E-state index < -0.39 is 0 Å². The van der Waals surface area contributed by atoms with Crippen molar-refractivity contribution < 1.29 is 14.6 Å². The molecule has 0 aliphatic carbocycles. The van der Waals surface area contributed by atoms with Crippen LogP contribution in [-0.2, 0) is 9.47 Å². The minimum Gasteiger partial charge on any atom is -0.393 e. The monoisotopic (exact) mass is 255 g/mol. The van der Waals surface area contributed by atoms with Gasteiger partial charge in [0, 0.05) is 38.8 Å². The highest BCUT2D eigenvalue weighted by atomic mass is 16.6. The van der Waals surface area contributed by atoms with Crippen LogP contribution in [0, 0.1) is 5.92 Å². The molecule has 0 radical (unpaired) electrons. The fourth-order valence-corrected chi connectivity index (χ4v) is 3.67. The number of likely N-dealkylation sites (tertiary alicyclic amines) is 1. The molecule has 4 atom stereocenters. The minimum absolute atomic E-state index is 0.00220. The molecule has 1 N–H and O–H groups in total. The summed E-state index contributed by atoms with van der Waals surface area (Å²) in [6, 6.07) is 0.621. The second-order valence-electron chi connectivity index (χ2n) is 6.31. The summed E-state index contributed by atoms with van der Waals surface area (Å²) in [5, 5.41) is 9.83. The van der Waals surface area contributed by atoms with Crippen molar-refractivity contribution in [3.8, 4) is 0 Å². The van der Waals surface area contributed by atoms with Crippen molar-refractivity contribution in [2.24, 2.45) is 5.92 Å². The Bertz CT molecular complexity index is 291. The maximum absolute atomic E-state index is 9.83. The van der Waals surface area contributed by atoms with Gasteiger partial charge in [0.05, 0.1) is 18.3 Å². The van der Waals surface area contributed by atoms with Gasteiger partial charge in [-0.3, -0.25) is 4.90 Å². The highest BCUT2D eigenvalue weighted by Gasteiger charge is 2.43. The molecule has 0 bridgehead atoms. The first-order valence-corrected chi connectivity index (χ1v) is 7.32. The van der Waals surface area contributed by atoms with E-state index in [0.29, 0.717) is 12.0 Å². The third-order valence-electron chi connectivity index (χ3n) is 4.94. The maximum atomic E-state index is 9.83. The van der Waals surface area contributed by atoms with E-state index in [0.717, 1.165) is 58.6 Å². The van der Waals surface area contributed by atoms with Crippen molar-refractivity contribution in [1.82, 2.24) is 4.90 Å². The van der Waals surface area contributed by atoms with Crippen LogP contribution in [0.5, 0.6) is 0 Å². The number of piperidine rings is 1. The van der Waals surface area contributed by atoms with Crippen molar-refractivity contribution in [2.45, 2.75) is 50.4 Å². The molecule has 3 saturated heterocycles. The van der Waals surface area contributed by atoms with Crippen LogP contribution in [0.4, 0.5) is 0 Å². The highest BCUT2D eigenvalue weighted by Crippen LogP contribution is 2.35. The third-order valence-corrected chi connectivity index (χ3v) is 4.94. The lowest BCUT2D eigenvalue weighted by atomic mass is 9.86. The summed E-state index contributed by atoms with van der Waals surface area (Å²) in [6.45, 7) is 6.71. The Morgan fingerprint density at radius 1 is 1.28 bits per heavy atom. The maximum Gasteiger partial charge on any atom is 0.0951 e.